The summed E-state index contributed by atoms with van der Waals surface area (Å²) in [6.07, 6.45) is 4.65. The fourth-order valence-corrected chi connectivity index (χ4v) is 3.92. The summed E-state index contributed by atoms with van der Waals surface area (Å²) in [5, 5.41) is 14.2. The molecule has 1 aromatic heterocycles. The first kappa shape index (κ1) is 13.5. The Morgan fingerprint density at radius 3 is 3.05 bits per heavy atom. The summed E-state index contributed by atoms with van der Waals surface area (Å²) in [4.78, 5) is 15.2. The molecule has 0 saturated heterocycles. The summed E-state index contributed by atoms with van der Waals surface area (Å²) < 4.78 is 4.41. The van der Waals surface area contributed by atoms with Gasteiger partial charge in [-0.1, -0.05) is 18.2 Å². The first-order valence-corrected chi connectivity index (χ1v) is 7.46. The highest BCUT2D eigenvalue weighted by molar-refractivity contribution is 5.98. The number of carbonyl (C=O) groups is 1. The van der Waals surface area contributed by atoms with Gasteiger partial charge in [-0.25, -0.2) is 0 Å². The molecule has 4 rings (SSSR count). The number of fused-ring (bicyclic) bond motifs is 2. The van der Waals surface area contributed by atoms with E-state index in [0.29, 0.717) is 6.42 Å². The number of H-pyrrole nitrogens is 1. The zero-order chi connectivity index (χ0) is 15.5. The van der Waals surface area contributed by atoms with Gasteiger partial charge in [-0.15, -0.1) is 0 Å². The third kappa shape index (κ3) is 1.76. The average molecular weight is 298 g/mol. The second-order valence-electron chi connectivity index (χ2n) is 6.37. The third-order valence-corrected chi connectivity index (χ3v) is 4.97. The van der Waals surface area contributed by atoms with E-state index in [1.807, 2.05) is 30.5 Å². The molecule has 3 atom stereocenters. The van der Waals surface area contributed by atoms with Crippen LogP contribution in [0.2, 0.25) is 0 Å². The lowest BCUT2D eigenvalue weighted by molar-refractivity contribution is -0.880. The molecule has 2 aliphatic rings. The lowest BCUT2D eigenvalue weighted by atomic mass is 9.79. The molecule has 0 spiro atoms. The van der Waals surface area contributed by atoms with Crippen LogP contribution in [0.1, 0.15) is 11.1 Å². The van der Waals surface area contributed by atoms with Crippen molar-refractivity contribution >= 4 is 22.4 Å². The van der Waals surface area contributed by atoms with Crippen LogP contribution in [0.5, 0.6) is 0 Å². The number of methoxy groups -OCH3 is 1. The van der Waals surface area contributed by atoms with E-state index in [1.165, 1.54) is 18.1 Å². The van der Waals surface area contributed by atoms with Crippen molar-refractivity contribution < 1.29 is 14.2 Å². The van der Waals surface area contributed by atoms with Gasteiger partial charge in [0, 0.05) is 29.1 Å². The van der Waals surface area contributed by atoms with Gasteiger partial charge in [0.25, 0.3) is 0 Å². The number of hydrogen-bond donors (Lipinski definition) is 1. The van der Waals surface area contributed by atoms with Gasteiger partial charge in [-0.05, 0) is 17.2 Å². The van der Waals surface area contributed by atoms with Crippen molar-refractivity contribution in [3.8, 4) is 0 Å². The van der Waals surface area contributed by atoms with E-state index in [1.54, 1.807) is 7.05 Å². The minimum Gasteiger partial charge on any atom is -0.633 e. The summed E-state index contributed by atoms with van der Waals surface area (Å²) in [5.41, 5.74) is 4.31. The van der Waals surface area contributed by atoms with Crippen molar-refractivity contribution in [3.05, 3.63) is 46.8 Å². The summed E-state index contributed by atoms with van der Waals surface area (Å²) in [6, 6.07) is 5.90. The standard InChI is InChI=1S/C17H18N2O3/c1-19(21)9-11(17(20)22-2)6-13-12-4-3-5-14-16(12)10(8-18-14)7-15(13)19/h3-6,8,11,15,18H,7,9H2,1-2H3/t11-,15-,19?/m1/s1. The zero-order valence-electron chi connectivity index (χ0n) is 12.6. The lowest BCUT2D eigenvalue weighted by Crippen LogP contribution is -2.55. The SMILES string of the molecule is COC(=O)[C@@H]1C=C2c3cccc4[nH]cc(c34)C[C@H]2[N+](C)([O-])C1. The Labute approximate surface area is 128 Å². The fourth-order valence-electron chi connectivity index (χ4n) is 3.92. The van der Waals surface area contributed by atoms with Gasteiger partial charge in [0.1, 0.15) is 12.0 Å². The number of hydroxylamine groups is 3. The van der Waals surface area contributed by atoms with Gasteiger partial charge in [0.05, 0.1) is 20.7 Å². The van der Waals surface area contributed by atoms with Gasteiger partial charge in [0.15, 0.2) is 0 Å². The van der Waals surface area contributed by atoms with E-state index < -0.39 is 10.6 Å². The van der Waals surface area contributed by atoms with Crippen LogP contribution in [0.3, 0.4) is 0 Å². The molecule has 1 aromatic carbocycles. The molecule has 0 saturated carbocycles. The molecule has 1 unspecified atom stereocenters. The van der Waals surface area contributed by atoms with Crippen LogP contribution in [0.4, 0.5) is 0 Å². The lowest BCUT2D eigenvalue weighted by Gasteiger charge is -2.51. The molecule has 5 heteroatoms. The number of nitrogens with one attached hydrogen (secondary N) is 1. The fraction of sp³-hybridized carbons (Fsp3) is 0.353. The molecule has 0 radical (unpaired) electrons. The molecule has 0 bridgehead atoms. The van der Waals surface area contributed by atoms with Crippen LogP contribution in [0.25, 0.3) is 16.5 Å². The minimum atomic E-state index is -0.477. The number of ether oxygens (including phenoxy) is 1. The topological polar surface area (TPSA) is 65.2 Å². The molecule has 1 N–H and O–H groups in total. The molecule has 2 aromatic rings. The van der Waals surface area contributed by atoms with Crippen LogP contribution in [0.15, 0.2) is 30.5 Å². The number of aromatic amines is 1. The Hall–Kier alpha value is -2.11. The highest BCUT2D eigenvalue weighted by Gasteiger charge is 2.42. The van der Waals surface area contributed by atoms with Crippen molar-refractivity contribution in [2.45, 2.75) is 12.5 Å². The van der Waals surface area contributed by atoms with Crippen molar-refractivity contribution in [3.63, 3.8) is 0 Å². The number of likely N-dealkylation sites (N-methyl/N-ethyl adjacent to an activating group) is 1. The van der Waals surface area contributed by atoms with Crippen LogP contribution in [-0.4, -0.2) is 42.3 Å². The van der Waals surface area contributed by atoms with E-state index in [-0.39, 0.29) is 18.6 Å². The summed E-state index contributed by atoms with van der Waals surface area (Å²) in [6.45, 7) is 0.233. The second kappa shape index (κ2) is 4.44. The smallest absolute Gasteiger partial charge is 0.318 e. The molecule has 0 amide bonds. The van der Waals surface area contributed by atoms with E-state index in [2.05, 4.69) is 4.98 Å². The number of benzene rings is 1. The van der Waals surface area contributed by atoms with E-state index >= 15 is 0 Å². The zero-order valence-corrected chi connectivity index (χ0v) is 12.6. The molecule has 2 heterocycles. The number of quaternary nitrogens is 1. The second-order valence-corrected chi connectivity index (χ2v) is 6.37. The first-order chi connectivity index (χ1) is 10.5. The van der Waals surface area contributed by atoms with Crippen LogP contribution < -0.4 is 0 Å². The number of esters is 1. The van der Waals surface area contributed by atoms with E-state index in [9.17, 15) is 10.0 Å². The molecule has 5 nitrogen and oxygen atoms in total. The molecular weight excluding hydrogens is 280 g/mol. The highest BCUT2D eigenvalue weighted by Crippen LogP contribution is 2.43. The van der Waals surface area contributed by atoms with E-state index in [0.717, 1.165) is 16.7 Å². The number of nitrogens with zero attached hydrogens (tertiary/aromatic N) is 1. The molecule has 114 valence electrons. The van der Waals surface area contributed by atoms with Crippen LogP contribution in [-0.2, 0) is 16.0 Å². The maximum atomic E-state index is 13.0. The maximum absolute atomic E-state index is 13.0. The molecule has 1 aliphatic carbocycles. The molecule has 22 heavy (non-hydrogen) atoms. The van der Waals surface area contributed by atoms with Gasteiger partial charge in [0.2, 0.25) is 0 Å². The molecular formula is C17H18N2O3. The Kier molecular flexibility index (Phi) is 2.74. The maximum Gasteiger partial charge on any atom is 0.318 e. The Morgan fingerprint density at radius 2 is 2.27 bits per heavy atom. The summed E-state index contributed by atoms with van der Waals surface area (Å²) in [5.74, 6) is -0.812. The van der Waals surface area contributed by atoms with Crippen molar-refractivity contribution in [2.75, 3.05) is 20.7 Å². The van der Waals surface area contributed by atoms with Crippen LogP contribution >= 0.6 is 0 Å². The minimum absolute atomic E-state index is 0.158. The number of hydrogen-bond acceptors (Lipinski definition) is 3. The Morgan fingerprint density at radius 1 is 1.45 bits per heavy atom. The predicted molar refractivity (Wildman–Crippen MR) is 83.7 cm³/mol. The summed E-state index contributed by atoms with van der Waals surface area (Å²) in [7, 11) is 3.03. The Balaban J connectivity index is 1.94. The predicted octanol–water partition coefficient (Wildman–Crippen LogP) is 2.22. The quantitative estimate of drug-likeness (QED) is 0.499. The normalized spacial score (nSPS) is 29.9. The third-order valence-electron chi connectivity index (χ3n) is 4.97. The monoisotopic (exact) mass is 298 g/mol. The average Bonchev–Trinajstić information content (AvgIpc) is 2.92. The van der Waals surface area contributed by atoms with E-state index in [4.69, 9.17) is 4.74 Å². The van der Waals surface area contributed by atoms with Crippen molar-refractivity contribution in [1.29, 1.82) is 0 Å². The number of aromatic nitrogens is 1. The van der Waals surface area contributed by atoms with Crippen molar-refractivity contribution in [2.24, 2.45) is 5.92 Å². The number of rotatable bonds is 1. The first-order valence-electron chi connectivity index (χ1n) is 7.46. The van der Waals surface area contributed by atoms with Crippen molar-refractivity contribution in [1.82, 2.24) is 4.98 Å². The van der Waals surface area contributed by atoms with Crippen LogP contribution in [0, 0.1) is 11.1 Å². The molecule has 0 fully saturated rings. The van der Waals surface area contributed by atoms with Gasteiger partial charge in [-0.2, -0.15) is 0 Å². The Bertz CT molecular complexity index is 803. The van der Waals surface area contributed by atoms with Gasteiger partial charge < -0.3 is 19.6 Å². The van der Waals surface area contributed by atoms with Gasteiger partial charge >= 0.3 is 5.97 Å². The number of carbonyl (C=O) groups excluding carboxylic acids is 1. The molecule has 1 aliphatic heterocycles. The largest absolute Gasteiger partial charge is 0.633 e. The van der Waals surface area contributed by atoms with Gasteiger partial charge in [-0.3, -0.25) is 4.79 Å². The summed E-state index contributed by atoms with van der Waals surface area (Å²) >= 11 is 0. The highest BCUT2D eigenvalue weighted by atomic mass is 16.5.